The Balaban J connectivity index is 1.65. The maximum absolute atomic E-state index is 14.3. The van der Waals surface area contributed by atoms with E-state index in [1.165, 1.54) is 6.07 Å². The third-order valence-corrected chi connectivity index (χ3v) is 9.30. The van der Waals surface area contributed by atoms with Crippen molar-refractivity contribution >= 4 is 17.4 Å². The Morgan fingerprint density at radius 1 is 1.26 bits per heavy atom. The summed E-state index contributed by atoms with van der Waals surface area (Å²) < 4.78 is 5.83. The van der Waals surface area contributed by atoms with Crippen molar-refractivity contribution in [2.45, 2.75) is 51.9 Å². The van der Waals surface area contributed by atoms with Gasteiger partial charge in [-0.25, -0.2) is 4.79 Å². The van der Waals surface area contributed by atoms with Gasteiger partial charge in [0, 0.05) is 11.6 Å². The monoisotopic (exact) mass is 467 g/mol. The molecular weight excluding hydrogens is 434 g/mol. The largest absolute Gasteiger partial charge is 0.451 e. The lowest BCUT2D eigenvalue weighted by Crippen LogP contribution is -2.65. The fourth-order valence-electron chi connectivity index (χ4n) is 7.45. The van der Waals surface area contributed by atoms with Gasteiger partial charge in [0.15, 0.2) is 17.5 Å². The number of aliphatic hydroxyl groups excluding tert-OH is 2. The zero-order valence-electron chi connectivity index (χ0n) is 20.0. The minimum atomic E-state index is -2.16. The van der Waals surface area contributed by atoms with Crippen molar-refractivity contribution < 1.29 is 29.6 Å². The second kappa shape index (κ2) is 7.26. The molecule has 8 atom stereocenters. The van der Waals surface area contributed by atoms with E-state index in [9.17, 15) is 24.9 Å². The number of benzene rings is 1. The van der Waals surface area contributed by atoms with E-state index in [2.05, 4.69) is 13.8 Å². The molecule has 4 aliphatic carbocycles. The van der Waals surface area contributed by atoms with Crippen LogP contribution in [0, 0.1) is 34.5 Å². The number of hydrogen-bond acceptors (Lipinski definition) is 7. The summed E-state index contributed by atoms with van der Waals surface area (Å²) in [6.45, 7) is 7.40. The van der Waals surface area contributed by atoms with Gasteiger partial charge >= 0.3 is 5.97 Å². The molecule has 1 spiro atoms. The number of para-hydroxylation sites is 1. The van der Waals surface area contributed by atoms with E-state index in [0.29, 0.717) is 12.0 Å². The Kier molecular flexibility index (Phi) is 4.97. The number of hydrogen-bond donors (Lipinski definition) is 4. The Labute approximate surface area is 199 Å². The maximum atomic E-state index is 14.3. The van der Waals surface area contributed by atoms with E-state index in [0.717, 1.165) is 0 Å². The first-order valence-electron chi connectivity index (χ1n) is 11.9. The Morgan fingerprint density at radius 2 is 1.94 bits per heavy atom. The number of carbonyl (C=O) groups excluding carboxylic acids is 2. The fourth-order valence-corrected chi connectivity index (χ4v) is 7.45. The van der Waals surface area contributed by atoms with Crippen molar-refractivity contribution in [2.75, 3.05) is 12.3 Å². The molecule has 4 aliphatic rings. The van der Waals surface area contributed by atoms with Crippen LogP contribution in [0.2, 0.25) is 0 Å². The standard InChI is InChI=1S/C27H33NO6/c1-13-11-26-14(2)9-18-20(25(18,3)4)17(22(26)31)10-15(12-29)21(30)27(26,33)23(13)34-24(32)16-7-5-6-8-19(16)28/h5-8,10-11,14,17-18,20-21,23,29-30,33H,9,12,28H2,1-4H3/t14-,17+,18-,20+,21-,23+,26-,27+/m1/s1. The number of fused-ring (bicyclic) bond motifs is 3. The Hall–Kier alpha value is -2.48. The van der Waals surface area contributed by atoms with Gasteiger partial charge in [-0.15, -0.1) is 0 Å². The van der Waals surface area contributed by atoms with Crippen LogP contribution in [0.5, 0.6) is 0 Å². The number of nitrogen functional groups attached to an aromatic ring is 1. The highest BCUT2D eigenvalue weighted by molar-refractivity contribution is 5.97. The second-order valence-electron chi connectivity index (χ2n) is 11.2. The number of carbonyl (C=O) groups is 2. The molecule has 0 aromatic heterocycles. The summed E-state index contributed by atoms with van der Waals surface area (Å²) in [5.74, 6) is -1.44. The van der Waals surface area contributed by atoms with Crippen LogP contribution in [0.1, 0.15) is 44.5 Å². The second-order valence-corrected chi connectivity index (χ2v) is 11.2. The predicted molar refractivity (Wildman–Crippen MR) is 125 cm³/mol. The molecular formula is C27H33NO6. The molecule has 7 heteroatoms. The molecule has 0 unspecified atom stereocenters. The highest BCUT2D eigenvalue weighted by Crippen LogP contribution is 2.71. The number of rotatable bonds is 3. The molecule has 2 saturated carbocycles. The SMILES string of the molecule is CC1=C[C@@]23C(=O)[C@@H](C=C(CO)[C@@H](O)[C@]2(O)[C@H]1OC(=O)c1ccccc1N)[C@H]1[C@@H](C[C@H]3C)C1(C)C. The third kappa shape index (κ3) is 2.69. The first kappa shape index (κ1) is 23.3. The maximum Gasteiger partial charge on any atom is 0.340 e. The van der Waals surface area contributed by atoms with Gasteiger partial charge in [0.25, 0.3) is 0 Å². The topological polar surface area (TPSA) is 130 Å². The summed E-state index contributed by atoms with van der Waals surface area (Å²) >= 11 is 0. The molecule has 0 amide bonds. The van der Waals surface area contributed by atoms with Gasteiger partial charge < -0.3 is 25.8 Å². The molecule has 5 N–H and O–H groups in total. The van der Waals surface area contributed by atoms with Crippen molar-refractivity contribution in [3.8, 4) is 0 Å². The summed E-state index contributed by atoms with van der Waals surface area (Å²) in [5.41, 5.74) is 3.35. The van der Waals surface area contributed by atoms with Gasteiger partial charge in [0.05, 0.1) is 17.6 Å². The van der Waals surface area contributed by atoms with E-state index in [1.54, 1.807) is 37.3 Å². The van der Waals surface area contributed by atoms with Crippen LogP contribution in [-0.4, -0.2) is 51.5 Å². The minimum absolute atomic E-state index is 0.0469. The zero-order valence-corrected chi connectivity index (χ0v) is 20.0. The molecule has 0 aliphatic heterocycles. The smallest absolute Gasteiger partial charge is 0.340 e. The van der Waals surface area contributed by atoms with Crippen molar-refractivity contribution in [3.05, 3.63) is 53.1 Å². The van der Waals surface area contributed by atoms with E-state index in [4.69, 9.17) is 10.5 Å². The van der Waals surface area contributed by atoms with Crippen molar-refractivity contribution in [3.63, 3.8) is 0 Å². The van der Waals surface area contributed by atoms with E-state index >= 15 is 0 Å². The van der Waals surface area contributed by atoms with Crippen molar-refractivity contribution in [1.82, 2.24) is 0 Å². The van der Waals surface area contributed by atoms with Crippen LogP contribution in [-0.2, 0) is 9.53 Å². The molecule has 0 heterocycles. The Bertz CT molecular complexity index is 1140. The lowest BCUT2D eigenvalue weighted by Gasteiger charge is -2.48. The van der Waals surface area contributed by atoms with E-state index < -0.39 is 41.7 Å². The summed E-state index contributed by atoms with van der Waals surface area (Å²) in [6, 6.07) is 6.45. The summed E-state index contributed by atoms with van der Waals surface area (Å²) in [7, 11) is 0. The average molecular weight is 468 g/mol. The highest BCUT2D eigenvalue weighted by Gasteiger charge is 2.76. The first-order valence-corrected chi connectivity index (χ1v) is 11.9. The molecule has 5 rings (SSSR count). The van der Waals surface area contributed by atoms with Crippen molar-refractivity contribution in [1.29, 1.82) is 0 Å². The van der Waals surface area contributed by atoms with E-state index in [-0.39, 0.29) is 45.8 Å². The van der Waals surface area contributed by atoms with Crippen molar-refractivity contribution in [2.24, 2.45) is 34.5 Å². The number of allylic oxidation sites excluding steroid dienone is 1. The van der Waals surface area contributed by atoms with Gasteiger partial charge in [0.1, 0.15) is 6.10 Å². The number of Topliss-reactive ketones (excluding diaryl/α,β-unsaturated/α-hetero) is 1. The van der Waals surface area contributed by atoms with Crippen LogP contribution in [0.3, 0.4) is 0 Å². The number of ether oxygens (including phenoxy) is 1. The quantitative estimate of drug-likeness (QED) is 0.305. The molecule has 2 bridgehead atoms. The molecule has 0 saturated heterocycles. The third-order valence-electron chi connectivity index (χ3n) is 9.30. The predicted octanol–water partition coefficient (Wildman–Crippen LogP) is 2.26. The van der Waals surface area contributed by atoms with Crippen LogP contribution >= 0.6 is 0 Å². The molecule has 2 fully saturated rings. The van der Waals surface area contributed by atoms with Gasteiger partial charge in [-0.05, 0) is 59.8 Å². The molecule has 0 radical (unpaired) electrons. The van der Waals surface area contributed by atoms with Gasteiger partial charge in [0.2, 0.25) is 0 Å². The molecule has 182 valence electrons. The minimum Gasteiger partial charge on any atom is -0.451 e. The highest BCUT2D eigenvalue weighted by atomic mass is 16.6. The van der Waals surface area contributed by atoms with Crippen LogP contribution in [0.4, 0.5) is 5.69 Å². The molecule has 34 heavy (non-hydrogen) atoms. The van der Waals surface area contributed by atoms with Gasteiger partial charge in [-0.1, -0.05) is 45.1 Å². The van der Waals surface area contributed by atoms with Gasteiger partial charge in [-0.2, -0.15) is 0 Å². The molecule has 7 nitrogen and oxygen atoms in total. The number of aliphatic hydroxyl groups is 3. The van der Waals surface area contributed by atoms with Crippen LogP contribution in [0.15, 0.2) is 47.6 Å². The lowest BCUT2D eigenvalue weighted by atomic mass is 9.59. The number of ketones is 1. The van der Waals surface area contributed by atoms with Crippen LogP contribution < -0.4 is 5.73 Å². The fraction of sp³-hybridized carbons (Fsp3) is 0.556. The summed E-state index contributed by atoms with van der Waals surface area (Å²) in [4.78, 5) is 27.4. The number of esters is 1. The average Bonchev–Trinajstić information content (AvgIpc) is 3.28. The molecule has 1 aromatic carbocycles. The summed E-state index contributed by atoms with van der Waals surface area (Å²) in [5, 5.41) is 34.0. The van der Waals surface area contributed by atoms with Gasteiger partial charge in [-0.3, -0.25) is 4.79 Å². The first-order chi connectivity index (χ1) is 15.9. The lowest BCUT2D eigenvalue weighted by molar-refractivity contribution is -0.190. The normalized spacial score (nSPS) is 41.9. The van der Waals surface area contributed by atoms with E-state index in [1.807, 2.05) is 6.92 Å². The zero-order chi connectivity index (χ0) is 24.8. The van der Waals surface area contributed by atoms with Crippen LogP contribution in [0.25, 0.3) is 0 Å². The number of nitrogens with two attached hydrogens (primary N) is 1. The number of anilines is 1. The molecule has 1 aromatic rings. The Morgan fingerprint density at radius 3 is 2.59 bits per heavy atom. The summed E-state index contributed by atoms with van der Waals surface area (Å²) in [6.07, 6.45) is 1.21.